The maximum absolute atomic E-state index is 13.3. The molecule has 1 aromatic rings. The molecule has 0 aromatic heterocycles. The van der Waals surface area contributed by atoms with Gasteiger partial charge in [0.25, 0.3) is 5.24 Å². The first kappa shape index (κ1) is 13.1. The Hall–Kier alpha value is -0.980. The van der Waals surface area contributed by atoms with E-state index in [0.29, 0.717) is 0 Å². The smallest absolute Gasteiger partial charge is 0.252 e. The SMILES string of the molecule is CN(C)S(=O)(=O)c1cc(C(=O)Cl)ccc1F. The van der Waals surface area contributed by atoms with Crippen LogP contribution in [0.15, 0.2) is 23.1 Å². The van der Waals surface area contributed by atoms with Crippen molar-refractivity contribution in [2.24, 2.45) is 0 Å². The highest BCUT2D eigenvalue weighted by molar-refractivity contribution is 7.89. The second kappa shape index (κ2) is 4.48. The number of hydrogen-bond donors (Lipinski definition) is 0. The third-order valence-corrected chi connectivity index (χ3v) is 3.97. The summed E-state index contributed by atoms with van der Waals surface area (Å²) in [7, 11) is -1.38. The van der Waals surface area contributed by atoms with E-state index in [4.69, 9.17) is 11.6 Å². The molecule has 4 nitrogen and oxygen atoms in total. The molecule has 16 heavy (non-hydrogen) atoms. The fourth-order valence-electron chi connectivity index (χ4n) is 1.02. The van der Waals surface area contributed by atoms with Crippen LogP contribution in [0.1, 0.15) is 10.4 Å². The molecule has 88 valence electrons. The van der Waals surface area contributed by atoms with E-state index < -0.39 is 26.0 Å². The molecule has 0 saturated heterocycles. The fraction of sp³-hybridized carbons (Fsp3) is 0.222. The van der Waals surface area contributed by atoms with Crippen LogP contribution in [-0.4, -0.2) is 32.1 Å². The largest absolute Gasteiger partial charge is 0.276 e. The van der Waals surface area contributed by atoms with Gasteiger partial charge < -0.3 is 0 Å². The molecule has 0 atom stereocenters. The van der Waals surface area contributed by atoms with E-state index in [0.717, 1.165) is 22.5 Å². The first-order valence-electron chi connectivity index (χ1n) is 4.18. The molecule has 0 saturated carbocycles. The molecule has 0 aliphatic heterocycles. The van der Waals surface area contributed by atoms with Crippen molar-refractivity contribution in [2.45, 2.75) is 4.90 Å². The number of nitrogens with zero attached hydrogens (tertiary/aromatic N) is 1. The van der Waals surface area contributed by atoms with E-state index in [1.807, 2.05) is 0 Å². The highest BCUT2D eigenvalue weighted by Crippen LogP contribution is 2.19. The van der Waals surface area contributed by atoms with Crippen LogP contribution >= 0.6 is 11.6 Å². The molecule has 7 heteroatoms. The summed E-state index contributed by atoms with van der Waals surface area (Å²) in [5, 5.41) is -0.838. The Balaban J connectivity index is 3.45. The van der Waals surface area contributed by atoms with Gasteiger partial charge in [0.15, 0.2) is 0 Å². The fourth-order valence-corrected chi connectivity index (χ4v) is 2.12. The molecule has 0 N–H and O–H groups in total. The van der Waals surface area contributed by atoms with Crippen molar-refractivity contribution in [3.8, 4) is 0 Å². The molecule has 1 rings (SSSR count). The van der Waals surface area contributed by atoms with E-state index in [1.54, 1.807) is 0 Å². The predicted octanol–water partition coefficient (Wildman–Crippen LogP) is 1.46. The van der Waals surface area contributed by atoms with Crippen LogP contribution in [0, 0.1) is 5.82 Å². The number of carbonyl (C=O) groups is 1. The highest BCUT2D eigenvalue weighted by Gasteiger charge is 2.22. The monoisotopic (exact) mass is 265 g/mol. The Morgan fingerprint density at radius 3 is 2.38 bits per heavy atom. The summed E-state index contributed by atoms with van der Waals surface area (Å²) >= 11 is 5.19. The van der Waals surface area contributed by atoms with Crippen LogP contribution in [-0.2, 0) is 10.0 Å². The summed E-state index contributed by atoms with van der Waals surface area (Å²) in [6.45, 7) is 0. The number of benzene rings is 1. The van der Waals surface area contributed by atoms with Crippen molar-refractivity contribution in [1.29, 1.82) is 0 Å². The minimum absolute atomic E-state index is 0.0662. The van der Waals surface area contributed by atoms with Gasteiger partial charge in [-0.25, -0.2) is 17.1 Å². The Morgan fingerprint density at radius 2 is 1.94 bits per heavy atom. The molecule has 1 aromatic carbocycles. The molecule has 0 amide bonds. The van der Waals surface area contributed by atoms with E-state index in [1.165, 1.54) is 14.1 Å². The summed E-state index contributed by atoms with van der Waals surface area (Å²) in [5.74, 6) is -0.921. The molecule has 0 radical (unpaired) electrons. The van der Waals surface area contributed by atoms with Crippen LogP contribution in [0.25, 0.3) is 0 Å². The zero-order valence-electron chi connectivity index (χ0n) is 8.57. The summed E-state index contributed by atoms with van der Waals surface area (Å²) < 4.78 is 37.5. The summed E-state index contributed by atoms with van der Waals surface area (Å²) in [5.41, 5.74) is -0.0662. The Kier molecular flexibility index (Phi) is 3.67. The lowest BCUT2D eigenvalue weighted by atomic mass is 10.2. The van der Waals surface area contributed by atoms with Crippen molar-refractivity contribution >= 4 is 26.9 Å². The van der Waals surface area contributed by atoms with Gasteiger partial charge in [-0.2, -0.15) is 0 Å². The average Bonchev–Trinajstić information content (AvgIpc) is 2.17. The van der Waals surface area contributed by atoms with Gasteiger partial charge in [0.2, 0.25) is 10.0 Å². The Bertz CT molecular complexity index is 528. The van der Waals surface area contributed by atoms with E-state index in [-0.39, 0.29) is 5.56 Å². The van der Waals surface area contributed by atoms with Crippen molar-refractivity contribution in [1.82, 2.24) is 4.31 Å². The molecular formula is C9H9ClFNO3S. The van der Waals surface area contributed by atoms with Crippen molar-refractivity contribution < 1.29 is 17.6 Å². The first-order valence-corrected chi connectivity index (χ1v) is 6.00. The predicted molar refractivity (Wildman–Crippen MR) is 57.5 cm³/mol. The van der Waals surface area contributed by atoms with Crippen molar-refractivity contribution in [3.63, 3.8) is 0 Å². The number of halogens is 2. The maximum Gasteiger partial charge on any atom is 0.252 e. The lowest BCUT2D eigenvalue weighted by molar-refractivity contribution is 0.108. The molecule has 0 aliphatic carbocycles. The van der Waals surface area contributed by atoms with Crippen molar-refractivity contribution in [2.75, 3.05) is 14.1 Å². The molecule has 0 aliphatic rings. The molecule has 0 unspecified atom stereocenters. The summed E-state index contributed by atoms with van der Waals surface area (Å²) in [6.07, 6.45) is 0. The Morgan fingerprint density at radius 1 is 1.38 bits per heavy atom. The number of sulfonamides is 1. The molecule has 0 heterocycles. The highest BCUT2D eigenvalue weighted by atomic mass is 35.5. The van der Waals surface area contributed by atoms with Crippen LogP contribution in [0.2, 0.25) is 0 Å². The lowest BCUT2D eigenvalue weighted by Gasteiger charge is -2.12. The molecule has 0 bridgehead atoms. The van der Waals surface area contributed by atoms with Gasteiger partial charge in [0, 0.05) is 19.7 Å². The van der Waals surface area contributed by atoms with Gasteiger partial charge in [-0.15, -0.1) is 0 Å². The van der Waals surface area contributed by atoms with Gasteiger partial charge >= 0.3 is 0 Å². The van der Waals surface area contributed by atoms with Gasteiger partial charge in [-0.3, -0.25) is 4.79 Å². The number of carbonyl (C=O) groups excluding carboxylic acids is 1. The minimum Gasteiger partial charge on any atom is -0.276 e. The first-order chi connectivity index (χ1) is 7.26. The van der Waals surface area contributed by atoms with Crippen LogP contribution in [0.3, 0.4) is 0 Å². The number of hydrogen-bond acceptors (Lipinski definition) is 3. The van der Waals surface area contributed by atoms with Crippen LogP contribution < -0.4 is 0 Å². The average molecular weight is 266 g/mol. The van der Waals surface area contributed by atoms with Gasteiger partial charge in [-0.05, 0) is 29.8 Å². The molecule has 0 spiro atoms. The molecule has 0 fully saturated rings. The van der Waals surface area contributed by atoms with Gasteiger partial charge in [-0.1, -0.05) is 0 Å². The maximum atomic E-state index is 13.3. The second-order valence-corrected chi connectivity index (χ2v) is 5.67. The standard InChI is InChI=1S/C9H9ClFNO3S/c1-12(2)16(14,15)8-5-6(9(10)13)3-4-7(8)11/h3-5H,1-2H3. The molecular weight excluding hydrogens is 257 g/mol. The third kappa shape index (κ3) is 2.40. The van der Waals surface area contributed by atoms with Gasteiger partial charge in [0.1, 0.15) is 10.7 Å². The normalized spacial score (nSPS) is 11.8. The summed E-state index contributed by atoms with van der Waals surface area (Å²) in [4.78, 5) is 10.3. The third-order valence-electron chi connectivity index (χ3n) is 1.92. The van der Waals surface area contributed by atoms with E-state index in [9.17, 15) is 17.6 Å². The quantitative estimate of drug-likeness (QED) is 0.778. The van der Waals surface area contributed by atoms with Crippen molar-refractivity contribution in [3.05, 3.63) is 29.6 Å². The zero-order chi connectivity index (χ0) is 12.5. The van der Waals surface area contributed by atoms with E-state index >= 15 is 0 Å². The minimum atomic E-state index is -3.92. The summed E-state index contributed by atoms with van der Waals surface area (Å²) in [6, 6.07) is 2.94. The lowest BCUT2D eigenvalue weighted by Crippen LogP contribution is -2.23. The van der Waals surface area contributed by atoms with Crippen LogP contribution in [0.5, 0.6) is 0 Å². The van der Waals surface area contributed by atoms with E-state index in [2.05, 4.69) is 0 Å². The topological polar surface area (TPSA) is 54.5 Å². The zero-order valence-corrected chi connectivity index (χ0v) is 10.1. The van der Waals surface area contributed by atoms with Crippen LogP contribution in [0.4, 0.5) is 4.39 Å². The van der Waals surface area contributed by atoms with Gasteiger partial charge in [0.05, 0.1) is 0 Å². The number of rotatable bonds is 3. The second-order valence-electron chi connectivity index (χ2n) is 3.21. The Labute approximate surface area is 97.7 Å².